The Kier molecular flexibility index (Phi) is 3.48. The second-order valence-electron chi connectivity index (χ2n) is 2.81. The van der Waals surface area contributed by atoms with Crippen LogP contribution < -0.4 is 11.2 Å². The zero-order valence-electron chi connectivity index (χ0n) is 7.71. The predicted molar refractivity (Wildman–Crippen MR) is 58.8 cm³/mol. The Morgan fingerprint density at radius 3 is 2.93 bits per heavy atom. The fourth-order valence-electron chi connectivity index (χ4n) is 0.908. The number of hydrazone groups is 1. The molecule has 0 unspecified atom stereocenters. The fraction of sp³-hybridized carbons (Fsp3) is 0.111. The van der Waals surface area contributed by atoms with E-state index < -0.39 is 0 Å². The molecule has 0 aromatic heterocycles. The molecule has 0 heterocycles. The predicted octanol–water partition coefficient (Wildman–Crippen LogP) is 1.47. The normalized spacial score (nSPS) is 10.4. The molecular weight excluding hydrogens is 200 g/mol. The van der Waals surface area contributed by atoms with Gasteiger partial charge in [-0.1, -0.05) is 23.7 Å². The summed E-state index contributed by atoms with van der Waals surface area (Å²) in [6.07, 6.45) is 1.52. The molecule has 1 rings (SSSR count). The van der Waals surface area contributed by atoms with Gasteiger partial charge in [0.1, 0.15) is 0 Å². The van der Waals surface area contributed by atoms with Crippen molar-refractivity contribution in [2.75, 3.05) is 0 Å². The molecule has 0 spiro atoms. The van der Waals surface area contributed by atoms with Crippen molar-refractivity contribution in [3.05, 3.63) is 34.3 Å². The van der Waals surface area contributed by atoms with Gasteiger partial charge in [0.15, 0.2) is 0 Å². The SMILES string of the molecule is Cc1ccc(C=NNC(=N)N)c(Cl)c1. The number of benzene rings is 1. The van der Waals surface area contributed by atoms with E-state index >= 15 is 0 Å². The Balaban J connectivity index is 2.76. The lowest BCUT2D eigenvalue weighted by molar-refractivity contribution is 1.00. The molecule has 4 N–H and O–H groups in total. The molecule has 0 saturated carbocycles. The van der Waals surface area contributed by atoms with Crippen LogP contribution in [0.25, 0.3) is 0 Å². The number of nitrogens with zero attached hydrogens (tertiary/aromatic N) is 1. The van der Waals surface area contributed by atoms with Crippen LogP contribution in [0.2, 0.25) is 5.02 Å². The van der Waals surface area contributed by atoms with Crippen LogP contribution in [-0.2, 0) is 0 Å². The first kappa shape index (κ1) is 10.5. The van der Waals surface area contributed by atoms with E-state index in [-0.39, 0.29) is 5.96 Å². The summed E-state index contributed by atoms with van der Waals surface area (Å²) in [5.74, 6) is -0.204. The summed E-state index contributed by atoms with van der Waals surface area (Å²) < 4.78 is 0. The van der Waals surface area contributed by atoms with Gasteiger partial charge >= 0.3 is 0 Å². The minimum Gasteiger partial charge on any atom is -0.369 e. The van der Waals surface area contributed by atoms with Crippen LogP contribution in [0.5, 0.6) is 0 Å². The third-order valence-electron chi connectivity index (χ3n) is 1.54. The van der Waals surface area contributed by atoms with Crippen molar-refractivity contribution in [3.8, 4) is 0 Å². The van der Waals surface area contributed by atoms with Gasteiger partial charge < -0.3 is 5.73 Å². The average molecular weight is 211 g/mol. The minimum atomic E-state index is -0.204. The topological polar surface area (TPSA) is 74.3 Å². The zero-order chi connectivity index (χ0) is 10.6. The van der Waals surface area contributed by atoms with Gasteiger partial charge in [-0.05, 0) is 18.6 Å². The van der Waals surface area contributed by atoms with Crippen molar-refractivity contribution in [2.24, 2.45) is 10.8 Å². The number of nitrogens with two attached hydrogens (primary N) is 1. The highest BCUT2D eigenvalue weighted by Gasteiger charge is 1.96. The van der Waals surface area contributed by atoms with Crippen molar-refractivity contribution >= 4 is 23.8 Å². The van der Waals surface area contributed by atoms with Crippen LogP contribution in [0, 0.1) is 12.3 Å². The lowest BCUT2D eigenvalue weighted by Crippen LogP contribution is -2.25. The molecule has 74 valence electrons. The first-order valence-electron chi connectivity index (χ1n) is 3.99. The lowest BCUT2D eigenvalue weighted by Gasteiger charge is -1.99. The van der Waals surface area contributed by atoms with E-state index in [9.17, 15) is 0 Å². The average Bonchev–Trinajstić information content (AvgIpc) is 2.08. The zero-order valence-corrected chi connectivity index (χ0v) is 8.47. The summed E-state index contributed by atoms with van der Waals surface area (Å²) >= 11 is 5.94. The van der Waals surface area contributed by atoms with Gasteiger partial charge in [0.05, 0.1) is 6.21 Å². The molecule has 0 amide bonds. The summed E-state index contributed by atoms with van der Waals surface area (Å²) in [5, 5.41) is 11.2. The number of aryl methyl sites for hydroxylation is 1. The Bertz CT molecular complexity index is 373. The summed E-state index contributed by atoms with van der Waals surface area (Å²) in [7, 11) is 0. The van der Waals surface area contributed by atoms with Crippen LogP contribution in [-0.4, -0.2) is 12.2 Å². The molecule has 14 heavy (non-hydrogen) atoms. The lowest BCUT2D eigenvalue weighted by atomic mass is 10.2. The van der Waals surface area contributed by atoms with Gasteiger partial charge in [0.2, 0.25) is 5.96 Å². The molecule has 1 aromatic rings. The van der Waals surface area contributed by atoms with E-state index in [4.69, 9.17) is 22.7 Å². The Labute approximate surface area is 87.3 Å². The van der Waals surface area contributed by atoms with Gasteiger partial charge in [0, 0.05) is 10.6 Å². The molecule has 0 aliphatic rings. The summed E-state index contributed by atoms with van der Waals surface area (Å²) in [6.45, 7) is 1.96. The monoisotopic (exact) mass is 210 g/mol. The largest absolute Gasteiger partial charge is 0.369 e. The molecular formula is C9H11ClN4. The molecule has 0 saturated heterocycles. The summed E-state index contributed by atoms with van der Waals surface area (Å²) in [4.78, 5) is 0. The highest BCUT2D eigenvalue weighted by Crippen LogP contribution is 2.15. The van der Waals surface area contributed by atoms with Crippen LogP contribution in [0.4, 0.5) is 0 Å². The van der Waals surface area contributed by atoms with Crippen molar-refractivity contribution in [2.45, 2.75) is 6.92 Å². The highest BCUT2D eigenvalue weighted by atomic mass is 35.5. The second-order valence-corrected chi connectivity index (χ2v) is 3.22. The number of halogens is 1. The molecule has 5 heteroatoms. The van der Waals surface area contributed by atoms with Gasteiger partial charge in [-0.3, -0.25) is 5.41 Å². The third-order valence-corrected chi connectivity index (χ3v) is 1.87. The highest BCUT2D eigenvalue weighted by molar-refractivity contribution is 6.33. The second kappa shape index (κ2) is 4.62. The maximum atomic E-state index is 6.87. The van der Waals surface area contributed by atoms with E-state index in [1.54, 1.807) is 0 Å². The first-order valence-corrected chi connectivity index (χ1v) is 4.36. The van der Waals surface area contributed by atoms with Gasteiger partial charge in [-0.25, -0.2) is 5.43 Å². The van der Waals surface area contributed by atoms with Gasteiger partial charge in [-0.15, -0.1) is 0 Å². The van der Waals surface area contributed by atoms with Crippen LogP contribution >= 0.6 is 11.6 Å². The molecule has 0 aliphatic heterocycles. The Morgan fingerprint density at radius 2 is 2.36 bits per heavy atom. The Morgan fingerprint density at radius 1 is 1.64 bits per heavy atom. The molecule has 0 radical (unpaired) electrons. The third kappa shape index (κ3) is 3.06. The van der Waals surface area contributed by atoms with Crippen LogP contribution in [0.1, 0.15) is 11.1 Å². The van der Waals surface area contributed by atoms with E-state index in [2.05, 4.69) is 10.5 Å². The molecule has 0 fully saturated rings. The number of hydrogen-bond donors (Lipinski definition) is 3. The molecule has 0 atom stereocenters. The van der Waals surface area contributed by atoms with Crippen LogP contribution in [0.15, 0.2) is 23.3 Å². The molecule has 0 aliphatic carbocycles. The summed E-state index contributed by atoms with van der Waals surface area (Å²) in [6, 6.07) is 5.63. The molecule has 4 nitrogen and oxygen atoms in total. The maximum Gasteiger partial charge on any atom is 0.206 e. The first-order chi connectivity index (χ1) is 6.59. The smallest absolute Gasteiger partial charge is 0.206 e. The van der Waals surface area contributed by atoms with Gasteiger partial charge in [0.25, 0.3) is 0 Å². The Hall–Kier alpha value is -1.55. The number of hydrogen-bond acceptors (Lipinski definition) is 2. The number of nitrogens with one attached hydrogen (secondary N) is 2. The standard InChI is InChI=1S/C9H11ClN4/c1-6-2-3-7(8(10)4-6)5-13-14-9(11)12/h2-5H,1H3,(H4,11,12,14). The molecule has 1 aromatic carbocycles. The van der Waals surface area contributed by atoms with E-state index in [1.165, 1.54) is 6.21 Å². The number of guanidine groups is 1. The van der Waals surface area contributed by atoms with Gasteiger partial charge in [-0.2, -0.15) is 5.10 Å². The van der Waals surface area contributed by atoms with E-state index in [0.717, 1.165) is 11.1 Å². The van der Waals surface area contributed by atoms with E-state index in [1.807, 2.05) is 25.1 Å². The van der Waals surface area contributed by atoms with Crippen LogP contribution in [0.3, 0.4) is 0 Å². The minimum absolute atomic E-state index is 0.204. The maximum absolute atomic E-state index is 6.87. The van der Waals surface area contributed by atoms with Crippen molar-refractivity contribution < 1.29 is 0 Å². The van der Waals surface area contributed by atoms with Crippen molar-refractivity contribution in [1.29, 1.82) is 5.41 Å². The van der Waals surface area contributed by atoms with E-state index in [0.29, 0.717) is 5.02 Å². The van der Waals surface area contributed by atoms with Crippen molar-refractivity contribution in [3.63, 3.8) is 0 Å². The number of rotatable bonds is 2. The van der Waals surface area contributed by atoms with Crippen molar-refractivity contribution in [1.82, 2.24) is 5.43 Å². The summed E-state index contributed by atoms with van der Waals surface area (Å²) in [5.41, 5.74) is 9.22. The molecule has 0 bridgehead atoms. The fourth-order valence-corrected chi connectivity index (χ4v) is 1.19. The quantitative estimate of drug-likeness (QED) is 0.393.